The largest absolute Gasteiger partial charge is 0.496 e. The van der Waals surface area contributed by atoms with Gasteiger partial charge >= 0.3 is 5.97 Å². The smallest absolute Gasteiger partial charge is 0.338 e. The zero-order chi connectivity index (χ0) is 18.7. The zero-order valence-electron chi connectivity index (χ0n) is 14.7. The Morgan fingerprint density at radius 2 is 2.04 bits per heavy atom. The molecule has 3 aromatic rings. The molecule has 3 rings (SSSR count). The number of aromatic nitrogens is 1. The lowest BCUT2D eigenvalue weighted by molar-refractivity contribution is 0.0526. The summed E-state index contributed by atoms with van der Waals surface area (Å²) in [6.07, 6.45) is 0. The number of hydrogen-bond donors (Lipinski definition) is 1. The normalized spacial score (nSPS) is 10.6. The summed E-state index contributed by atoms with van der Waals surface area (Å²) in [5.41, 5.74) is 2.48. The standard InChI is InChI=1S/C19H18N2O4S/c1-4-25-18(23)12-8-9-14-15(10-12)26-19(20-14)21-17(22)13-7-5-6-11(2)16(13)24-3/h5-10H,4H2,1-3H3,(H,20,21,22). The lowest BCUT2D eigenvalue weighted by Crippen LogP contribution is -2.13. The molecule has 1 aromatic heterocycles. The molecule has 0 unspecified atom stereocenters. The van der Waals surface area contributed by atoms with Gasteiger partial charge in [0.15, 0.2) is 5.13 Å². The van der Waals surface area contributed by atoms with Crippen LogP contribution < -0.4 is 10.1 Å². The van der Waals surface area contributed by atoms with E-state index in [4.69, 9.17) is 9.47 Å². The summed E-state index contributed by atoms with van der Waals surface area (Å²) in [5, 5.41) is 3.25. The van der Waals surface area contributed by atoms with Crippen molar-refractivity contribution in [3.63, 3.8) is 0 Å². The number of amides is 1. The van der Waals surface area contributed by atoms with Gasteiger partial charge in [-0.05, 0) is 43.7 Å². The van der Waals surface area contributed by atoms with Crippen molar-refractivity contribution in [2.75, 3.05) is 19.0 Å². The van der Waals surface area contributed by atoms with Gasteiger partial charge in [-0.15, -0.1) is 0 Å². The van der Waals surface area contributed by atoms with Crippen LogP contribution in [-0.4, -0.2) is 30.6 Å². The number of aryl methyl sites for hydroxylation is 1. The lowest BCUT2D eigenvalue weighted by atomic mass is 10.1. The van der Waals surface area contributed by atoms with E-state index in [1.807, 2.05) is 13.0 Å². The van der Waals surface area contributed by atoms with Crippen molar-refractivity contribution in [1.82, 2.24) is 4.98 Å². The lowest BCUT2D eigenvalue weighted by Gasteiger charge is -2.10. The van der Waals surface area contributed by atoms with Crippen molar-refractivity contribution >= 4 is 38.6 Å². The number of esters is 1. The van der Waals surface area contributed by atoms with Gasteiger partial charge in [0.25, 0.3) is 5.91 Å². The SMILES string of the molecule is CCOC(=O)c1ccc2nc(NC(=O)c3cccc(C)c3OC)sc2c1. The molecule has 0 fully saturated rings. The number of carbonyl (C=O) groups excluding carboxylic acids is 2. The molecule has 0 spiro atoms. The number of ether oxygens (including phenoxy) is 2. The predicted octanol–water partition coefficient (Wildman–Crippen LogP) is 4.04. The molecule has 0 saturated heterocycles. The third kappa shape index (κ3) is 3.52. The highest BCUT2D eigenvalue weighted by atomic mass is 32.1. The van der Waals surface area contributed by atoms with Crippen LogP contribution in [0.3, 0.4) is 0 Å². The van der Waals surface area contributed by atoms with Crippen molar-refractivity contribution < 1.29 is 19.1 Å². The highest BCUT2D eigenvalue weighted by molar-refractivity contribution is 7.22. The van der Waals surface area contributed by atoms with Crippen LogP contribution >= 0.6 is 11.3 Å². The topological polar surface area (TPSA) is 77.5 Å². The van der Waals surface area contributed by atoms with Gasteiger partial charge in [0.2, 0.25) is 0 Å². The number of thiazole rings is 1. The fourth-order valence-corrected chi connectivity index (χ4v) is 3.49. The van der Waals surface area contributed by atoms with Crippen LogP contribution in [0.4, 0.5) is 5.13 Å². The van der Waals surface area contributed by atoms with E-state index in [1.54, 1.807) is 37.3 Å². The van der Waals surface area contributed by atoms with Crippen molar-refractivity contribution in [1.29, 1.82) is 0 Å². The molecule has 1 heterocycles. The Hall–Kier alpha value is -2.93. The molecule has 6 nitrogen and oxygen atoms in total. The number of carbonyl (C=O) groups is 2. The average molecular weight is 370 g/mol. The third-order valence-electron chi connectivity index (χ3n) is 3.78. The molecule has 0 aliphatic rings. The molecule has 0 radical (unpaired) electrons. The van der Waals surface area contributed by atoms with Gasteiger partial charge in [-0.3, -0.25) is 10.1 Å². The first kappa shape index (κ1) is 17.9. The molecule has 0 aliphatic heterocycles. The summed E-state index contributed by atoms with van der Waals surface area (Å²) < 4.78 is 11.1. The van der Waals surface area contributed by atoms with Gasteiger partial charge in [-0.25, -0.2) is 9.78 Å². The molecule has 0 atom stereocenters. The van der Waals surface area contributed by atoms with E-state index < -0.39 is 0 Å². The number of nitrogens with zero attached hydrogens (tertiary/aromatic N) is 1. The molecule has 7 heteroatoms. The molecule has 26 heavy (non-hydrogen) atoms. The highest BCUT2D eigenvalue weighted by Crippen LogP contribution is 2.29. The molecule has 1 amide bonds. The molecule has 1 N–H and O–H groups in total. The maximum absolute atomic E-state index is 12.6. The third-order valence-corrected chi connectivity index (χ3v) is 4.71. The fraction of sp³-hybridized carbons (Fsp3) is 0.211. The average Bonchev–Trinajstić information content (AvgIpc) is 3.02. The van der Waals surface area contributed by atoms with E-state index in [0.717, 1.165) is 10.3 Å². The number of para-hydroxylation sites is 1. The van der Waals surface area contributed by atoms with Crippen molar-refractivity contribution in [2.45, 2.75) is 13.8 Å². The number of rotatable bonds is 5. The Kier molecular flexibility index (Phi) is 5.18. The van der Waals surface area contributed by atoms with Crippen LogP contribution in [0.1, 0.15) is 33.2 Å². The Morgan fingerprint density at radius 3 is 2.77 bits per heavy atom. The summed E-state index contributed by atoms with van der Waals surface area (Å²) >= 11 is 1.30. The second kappa shape index (κ2) is 7.53. The van der Waals surface area contributed by atoms with Crippen LogP contribution in [-0.2, 0) is 4.74 Å². The predicted molar refractivity (Wildman–Crippen MR) is 101 cm³/mol. The second-order valence-corrected chi connectivity index (χ2v) is 6.56. The van der Waals surface area contributed by atoms with Gasteiger partial charge in [0.1, 0.15) is 5.75 Å². The van der Waals surface area contributed by atoms with E-state index in [0.29, 0.717) is 34.1 Å². The number of fused-ring (bicyclic) bond motifs is 1. The molecule has 2 aromatic carbocycles. The highest BCUT2D eigenvalue weighted by Gasteiger charge is 2.16. The summed E-state index contributed by atoms with van der Waals surface area (Å²) in [6, 6.07) is 10.5. The minimum Gasteiger partial charge on any atom is -0.496 e. The summed E-state index contributed by atoms with van der Waals surface area (Å²) in [4.78, 5) is 28.8. The summed E-state index contributed by atoms with van der Waals surface area (Å²) in [7, 11) is 1.54. The zero-order valence-corrected chi connectivity index (χ0v) is 15.5. The first-order valence-corrected chi connectivity index (χ1v) is 8.87. The maximum Gasteiger partial charge on any atom is 0.338 e. The van der Waals surface area contributed by atoms with E-state index in [2.05, 4.69) is 10.3 Å². The van der Waals surface area contributed by atoms with Crippen molar-refractivity contribution in [2.24, 2.45) is 0 Å². The van der Waals surface area contributed by atoms with Crippen molar-refractivity contribution in [3.8, 4) is 5.75 Å². The van der Waals surface area contributed by atoms with Gasteiger partial charge in [-0.1, -0.05) is 23.5 Å². The van der Waals surface area contributed by atoms with Gasteiger partial charge in [-0.2, -0.15) is 0 Å². The second-order valence-electron chi connectivity index (χ2n) is 5.53. The van der Waals surface area contributed by atoms with E-state index in [-0.39, 0.29) is 11.9 Å². The Labute approximate surface area is 154 Å². The Balaban J connectivity index is 1.86. The number of methoxy groups -OCH3 is 1. The summed E-state index contributed by atoms with van der Waals surface area (Å²) in [6.45, 7) is 3.96. The van der Waals surface area contributed by atoms with Crippen LogP contribution in [0.2, 0.25) is 0 Å². The first-order chi connectivity index (χ1) is 12.5. The van der Waals surface area contributed by atoms with E-state index in [9.17, 15) is 9.59 Å². The molecule has 0 bridgehead atoms. The number of benzene rings is 2. The number of hydrogen-bond acceptors (Lipinski definition) is 6. The van der Waals surface area contributed by atoms with Gasteiger partial charge in [0.05, 0.1) is 35.1 Å². The molecular weight excluding hydrogens is 352 g/mol. The molecule has 0 saturated carbocycles. The first-order valence-electron chi connectivity index (χ1n) is 8.06. The fourth-order valence-electron chi connectivity index (χ4n) is 2.59. The molecule has 0 aliphatic carbocycles. The van der Waals surface area contributed by atoms with Crippen LogP contribution in [0.25, 0.3) is 10.2 Å². The van der Waals surface area contributed by atoms with E-state index in [1.165, 1.54) is 18.4 Å². The maximum atomic E-state index is 12.6. The van der Waals surface area contributed by atoms with Gasteiger partial charge < -0.3 is 9.47 Å². The van der Waals surface area contributed by atoms with E-state index >= 15 is 0 Å². The number of anilines is 1. The van der Waals surface area contributed by atoms with Crippen LogP contribution in [0.15, 0.2) is 36.4 Å². The van der Waals surface area contributed by atoms with Gasteiger partial charge in [0, 0.05) is 0 Å². The minimum atomic E-state index is -0.377. The quantitative estimate of drug-likeness (QED) is 0.686. The Bertz CT molecular complexity index is 981. The van der Waals surface area contributed by atoms with Crippen LogP contribution in [0, 0.1) is 6.92 Å². The monoisotopic (exact) mass is 370 g/mol. The minimum absolute atomic E-state index is 0.296. The number of nitrogens with one attached hydrogen (secondary N) is 1. The van der Waals surface area contributed by atoms with Crippen molar-refractivity contribution in [3.05, 3.63) is 53.1 Å². The molecular formula is C19H18N2O4S. The Morgan fingerprint density at radius 1 is 1.23 bits per heavy atom. The molecule has 134 valence electrons. The summed E-state index contributed by atoms with van der Waals surface area (Å²) in [5.74, 6) is -0.135. The van der Waals surface area contributed by atoms with Crippen LogP contribution in [0.5, 0.6) is 5.75 Å².